The van der Waals surface area contributed by atoms with Crippen molar-refractivity contribution in [2.24, 2.45) is 5.92 Å². The molecule has 0 radical (unpaired) electrons. The van der Waals surface area contributed by atoms with Gasteiger partial charge >= 0.3 is 0 Å². The minimum absolute atomic E-state index is 0. The second kappa shape index (κ2) is 5.87. The third kappa shape index (κ3) is 2.63. The molecule has 5 heterocycles. The number of fused-ring (bicyclic) bond motifs is 4. The molecule has 0 spiro atoms. The van der Waals surface area contributed by atoms with Gasteiger partial charge in [-0.2, -0.15) is 4.37 Å². The van der Waals surface area contributed by atoms with Crippen molar-refractivity contribution >= 4 is 40.1 Å². The number of hydrogen-bond donors (Lipinski definition) is 1. The predicted molar refractivity (Wildman–Crippen MR) is 85.1 cm³/mol. The third-order valence-corrected chi connectivity index (χ3v) is 5.21. The Morgan fingerprint density at radius 2 is 2.19 bits per heavy atom. The molecule has 2 aromatic rings. The number of nitrogens with one attached hydrogen (secondary N) is 1. The Labute approximate surface area is 133 Å². The molecule has 112 valence electrons. The van der Waals surface area contributed by atoms with Gasteiger partial charge < -0.3 is 10.2 Å². The number of pyridine rings is 1. The number of halogens is 1. The summed E-state index contributed by atoms with van der Waals surface area (Å²) < 4.78 is 4.28. The first kappa shape index (κ1) is 14.7. The fraction of sp³-hybridized carbons (Fsp3) is 0.500. The molecule has 1 amide bonds. The van der Waals surface area contributed by atoms with E-state index in [0.717, 1.165) is 16.8 Å². The quantitative estimate of drug-likeness (QED) is 0.917. The monoisotopic (exact) mass is 324 g/mol. The maximum atomic E-state index is 12.5. The van der Waals surface area contributed by atoms with E-state index in [2.05, 4.69) is 19.6 Å². The van der Waals surface area contributed by atoms with Crippen LogP contribution in [0.4, 0.5) is 0 Å². The lowest BCUT2D eigenvalue weighted by molar-refractivity contribution is 0.0619. The highest BCUT2D eigenvalue weighted by Crippen LogP contribution is 2.28. The topological polar surface area (TPSA) is 58.1 Å². The Morgan fingerprint density at radius 3 is 2.90 bits per heavy atom. The van der Waals surface area contributed by atoms with Crippen LogP contribution in [0.15, 0.2) is 18.3 Å². The number of nitrogens with zero attached hydrogens (tertiary/aromatic N) is 3. The number of rotatable bonds is 2. The molecule has 3 aliphatic heterocycles. The molecule has 3 fully saturated rings. The van der Waals surface area contributed by atoms with Gasteiger partial charge in [-0.15, -0.1) is 12.4 Å². The highest BCUT2D eigenvalue weighted by Gasteiger charge is 2.35. The molecule has 0 saturated carbocycles. The normalized spacial score (nSPS) is 27.3. The molecule has 5 rings (SSSR count). The lowest BCUT2D eigenvalue weighted by atomic mass is 9.84. The van der Waals surface area contributed by atoms with Crippen molar-refractivity contribution in [1.29, 1.82) is 0 Å². The molecule has 1 atom stereocenters. The van der Waals surface area contributed by atoms with E-state index in [-0.39, 0.29) is 24.4 Å². The van der Waals surface area contributed by atoms with Crippen molar-refractivity contribution < 1.29 is 4.79 Å². The van der Waals surface area contributed by atoms with Crippen molar-refractivity contribution in [2.45, 2.75) is 18.9 Å². The third-order valence-electron chi connectivity index (χ3n) is 4.44. The highest BCUT2D eigenvalue weighted by molar-refractivity contribution is 7.13. The lowest BCUT2D eigenvalue weighted by Crippen LogP contribution is -2.57. The second-order valence-corrected chi connectivity index (χ2v) is 6.36. The van der Waals surface area contributed by atoms with Gasteiger partial charge in [0, 0.05) is 24.2 Å². The van der Waals surface area contributed by atoms with E-state index in [1.54, 1.807) is 6.20 Å². The number of carbonyl (C=O) groups is 1. The van der Waals surface area contributed by atoms with E-state index in [1.165, 1.54) is 37.5 Å². The van der Waals surface area contributed by atoms with E-state index in [1.807, 2.05) is 12.1 Å². The van der Waals surface area contributed by atoms with E-state index < -0.39 is 0 Å². The summed E-state index contributed by atoms with van der Waals surface area (Å²) in [5.74, 6) is 0.579. The summed E-state index contributed by atoms with van der Waals surface area (Å²) in [7, 11) is 0. The van der Waals surface area contributed by atoms with Crippen molar-refractivity contribution in [3.8, 4) is 0 Å². The maximum absolute atomic E-state index is 12.5. The van der Waals surface area contributed by atoms with Gasteiger partial charge in [0.15, 0.2) is 5.69 Å². The first-order valence-electron chi connectivity index (χ1n) is 7.05. The first-order valence-corrected chi connectivity index (χ1v) is 7.82. The van der Waals surface area contributed by atoms with Gasteiger partial charge in [-0.25, -0.2) is 4.98 Å². The zero-order valence-electron chi connectivity index (χ0n) is 11.5. The van der Waals surface area contributed by atoms with Gasteiger partial charge in [0.05, 0.1) is 0 Å². The fourth-order valence-electron chi connectivity index (χ4n) is 3.31. The van der Waals surface area contributed by atoms with Crippen LogP contribution >= 0.6 is 23.9 Å². The number of carbonyl (C=O) groups excluding carboxylic acids is 1. The van der Waals surface area contributed by atoms with E-state index >= 15 is 0 Å². The molecule has 0 aliphatic carbocycles. The van der Waals surface area contributed by atoms with Crippen molar-refractivity contribution in [3.63, 3.8) is 0 Å². The lowest BCUT2D eigenvalue weighted by Gasteiger charge is -2.44. The summed E-state index contributed by atoms with van der Waals surface area (Å²) in [6.45, 7) is 3.35. The van der Waals surface area contributed by atoms with Gasteiger partial charge in [0.25, 0.3) is 5.91 Å². The molecule has 2 bridgehead atoms. The molecule has 2 aromatic heterocycles. The van der Waals surface area contributed by atoms with Gasteiger partial charge in [0.2, 0.25) is 0 Å². The number of amides is 1. The smallest absolute Gasteiger partial charge is 0.271 e. The van der Waals surface area contributed by atoms with Crippen LogP contribution in [-0.4, -0.2) is 45.8 Å². The minimum atomic E-state index is -0.0528. The Balaban J connectivity index is 0.00000132. The van der Waals surface area contributed by atoms with Crippen LogP contribution in [0, 0.1) is 5.92 Å². The molecule has 0 unspecified atom stereocenters. The van der Waals surface area contributed by atoms with Crippen molar-refractivity contribution in [2.75, 3.05) is 19.6 Å². The number of piperidine rings is 3. The molecule has 1 N–H and O–H groups in total. The summed E-state index contributed by atoms with van der Waals surface area (Å²) in [5.41, 5.74) is 0.523. The molecule has 3 aliphatic rings. The van der Waals surface area contributed by atoms with Crippen molar-refractivity contribution in [1.82, 2.24) is 19.6 Å². The van der Waals surface area contributed by atoms with E-state index in [4.69, 9.17) is 0 Å². The van der Waals surface area contributed by atoms with Crippen LogP contribution in [0.2, 0.25) is 0 Å². The summed E-state index contributed by atoms with van der Waals surface area (Å²) >= 11 is 1.29. The van der Waals surface area contributed by atoms with Gasteiger partial charge in [-0.1, -0.05) is 0 Å². The largest absolute Gasteiger partial charge is 0.346 e. The Morgan fingerprint density at radius 1 is 1.38 bits per heavy atom. The summed E-state index contributed by atoms with van der Waals surface area (Å²) in [5, 5.41) is 4.04. The SMILES string of the molecule is Cl.O=C(N[C@@H]1CN2CCC1CC2)c1nsc2ncccc12. The maximum Gasteiger partial charge on any atom is 0.271 e. The standard InChI is InChI=1S/C14H16N4OS.ClH/c19-13(12-10-2-1-5-15-14(10)20-17-12)16-11-8-18-6-3-9(11)4-7-18;/h1-2,5,9,11H,3-4,6-8H2,(H,16,19);1H/t11-;/m1./s1. The second-order valence-electron chi connectivity index (χ2n) is 5.61. The molecule has 21 heavy (non-hydrogen) atoms. The van der Waals surface area contributed by atoms with Gasteiger partial charge in [-0.3, -0.25) is 4.79 Å². The fourth-order valence-corrected chi connectivity index (χ4v) is 4.04. The van der Waals surface area contributed by atoms with Crippen LogP contribution in [0.1, 0.15) is 23.3 Å². The van der Waals surface area contributed by atoms with E-state index in [9.17, 15) is 4.79 Å². The summed E-state index contributed by atoms with van der Waals surface area (Å²) in [6, 6.07) is 4.04. The van der Waals surface area contributed by atoms with Gasteiger partial charge in [0.1, 0.15) is 4.83 Å². The van der Waals surface area contributed by atoms with Crippen molar-refractivity contribution in [3.05, 3.63) is 24.0 Å². The average molecular weight is 325 g/mol. The molecule has 3 saturated heterocycles. The summed E-state index contributed by atoms with van der Waals surface area (Å²) in [6.07, 6.45) is 4.13. The average Bonchev–Trinajstić information content (AvgIpc) is 2.92. The number of aromatic nitrogens is 2. The minimum Gasteiger partial charge on any atom is -0.346 e. The molecule has 0 aromatic carbocycles. The zero-order valence-corrected chi connectivity index (χ0v) is 13.1. The molecular weight excluding hydrogens is 308 g/mol. The molecule has 5 nitrogen and oxygen atoms in total. The Bertz CT molecular complexity index is 653. The highest BCUT2D eigenvalue weighted by atomic mass is 35.5. The van der Waals surface area contributed by atoms with Crippen LogP contribution in [-0.2, 0) is 0 Å². The Kier molecular flexibility index (Phi) is 4.10. The predicted octanol–water partition coefficient (Wildman–Crippen LogP) is 1.94. The Hall–Kier alpha value is -1.24. The van der Waals surface area contributed by atoms with E-state index in [0.29, 0.717) is 11.6 Å². The summed E-state index contributed by atoms with van der Waals surface area (Å²) in [4.78, 5) is 19.9. The van der Waals surface area contributed by atoms with Crippen LogP contribution in [0.5, 0.6) is 0 Å². The molecular formula is C14H17ClN4OS. The van der Waals surface area contributed by atoms with Gasteiger partial charge in [-0.05, 0) is 55.5 Å². The number of hydrogen-bond acceptors (Lipinski definition) is 5. The molecule has 7 heteroatoms. The first-order chi connectivity index (χ1) is 9.81. The van der Waals surface area contributed by atoms with Crippen LogP contribution in [0.3, 0.4) is 0 Å². The zero-order chi connectivity index (χ0) is 13.5. The van der Waals surface area contributed by atoms with Crippen LogP contribution < -0.4 is 5.32 Å². The van der Waals surface area contributed by atoms with Crippen LogP contribution in [0.25, 0.3) is 10.2 Å².